The van der Waals surface area contributed by atoms with Crippen molar-refractivity contribution in [3.8, 4) is 0 Å². The Kier molecular flexibility index (Phi) is 4.70. The fraction of sp³-hybridized carbons (Fsp3) is 0.381. The van der Waals surface area contributed by atoms with Gasteiger partial charge in [0.15, 0.2) is 0 Å². The van der Waals surface area contributed by atoms with E-state index in [4.69, 9.17) is 11.6 Å². The van der Waals surface area contributed by atoms with Gasteiger partial charge in [0.25, 0.3) is 0 Å². The van der Waals surface area contributed by atoms with E-state index in [1.165, 1.54) is 24.1 Å². The lowest BCUT2D eigenvalue weighted by Crippen LogP contribution is -2.43. The summed E-state index contributed by atoms with van der Waals surface area (Å²) in [6, 6.07) is 10.6. The average Bonchev–Trinajstić information content (AvgIpc) is 2.66. The fourth-order valence-electron chi connectivity index (χ4n) is 4.23. The highest BCUT2D eigenvalue weighted by Crippen LogP contribution is 2.45. The Morgan fingerprint density at radius 1 is 1.04 bits per heavy atom. The molecule has 0 unspecified atom stereocenters. The van der Waals surface area contributed by atoms with Crippen molar-refractivity contribution in [3.63, 3.8) is 0 Å². The lowest BCUT2D eigenvalue weighted by Gasteiger charge is -2.42. The Bertz CT molecular complexity index is 857. The molecule has 1 aliphatic heterocycles. The van der Waals surface area contributed by atoms with Crippen molar-refractivity contribution in [3.05, 3.63) is 64.2 Å². The zero-order valence-electron chi connectivity index (χ0n) is 14.5. The van der Waals surface area contributed by atoms with Gasteiger partial charge in [0.2, 0.25) is 0 Å². The van der Waals surface area contributed by atoms with Crippen LogP contribution in [-0.2, 0) is 13.0 Å². The number of rotatable bonds is 2. The largest absolute Gasteiger partial charge is 0.343 e. The highest BCUT2D eigenvalue weighted by molar-refractivity contribution is 6.30. The van der Waals surface area contributed by atoms with Gasteiger partial charge in [-0.1, -0.05) is 49.1 Å². The molecule has 0 bridgehead atoms. The number of fused-ring (bicyclic) bond motifs is 1. The maximum atomic E-state index is 14.2. The van der Waals surface area contributed by atoms with Gasteiger partial charge in [-0.25, -0.2) is 8.78 Å². The number of anilines is 1. The van der Waals surface area contributed by atoms with Crippen LogP contribution in [0.5, 0.6) is 0 Å². The van der Waals surface area contributed by atoms with E-state index in [0.717, 1.165) is 43.6 Å². The lowest BCUT2D eigenvalue weighted by molar-refractivity contribution is 0.278. The van der Waals surface area contributed by atoms with Crippen LogP contribution in [0.3, 0.4) is 0 Å². The van der Waals surface area contributed by atoms with Crippen molar-refractivity contribution in [2.75, 3.05) is 5.32 Å². The number of hydrogen-bond donors (Lipinski definition) is 1. The normalized spacial score (nSPS) is 20.0. The lowest BCUT2D eigenvalue weighted by atomic mass is 9.67. The second kappa shape index (κ2) is 6.99. The van der Waals surface area contributed by atoms with Gasteiger partial charge in [0, 0.05) is 16.7 Å². The minimum Gasteiger partial charge on any atom is -0.343 e. The topological polar surface area (TPSA) is 24.4 Å². The summed E-state index contributed by atoms with van der Waals surface area (Å²) in [5.41, 5.74) is 2.19. The first-order valence-corrected chi connectivity index (χ1v) is 9.49. The second-order valence-electron chi connectivity index (χ2n) is 7.29. The molecule has 2 aromatic rings. The molecule has 1 heterocycles. The summed E-state index contributed by atoms with van der Waals surface area (Å²) < 4.78 is 28.3. The number of amidine groups is 1. The highest BCUT2D eigenvalue weighted by Gasteiger charge is 2.40. The number of hydrogen-bond acceptors (Lipinski definition) is 1. The van der Waals surface area contributed by atoms with Gasteiger partial charge in [-0.05, 0) is 43.0 Å². The van der Waals surface area contributed by atoms with E-state index < -0.39 is 11.6 Å². The summed E-state index contributed by atoms with van der Waals surface area (Å²) in [4.78, 5) is 4.66. The van der Waals surface area contributed by atoms with Crippen LogP contribution in [0.2, 0.25) is 5.02 Å². The van der Waals surface area contributed by atoms with Crippen LogP contribution in [-0.4, -0.2) is 5.84 Å². The van der Waals surface area contributed by atoms with Crippen molar-refractivity contribution in [1.29, 1.82) is 0 Å². The summed E-state index contributed by atoms with van der Waals surface area (Å²) in [5.74, 6) is -0.468. The van der Waals surface area contributed by atoms with E-state index in [-0.39, 0.29) is 22.5 Å². The molecule has 1 N–H and O–H groups in total. The van der Waals surface area contributed by atoms with E-state index in [2.05, 4.69) is 22.4 Å². The van der Waals surface area contributed by atoms with Gasteiger partial charge in [-0.15, -0.1) is 0 Å². The molecular weight excluding hydrogens is 354 g/mol. The van der Waals surface area contributed by atoms with E-state index in [1.54, 1.807) is 0 Å². The monoisotopic (exact) mass is 374 g/mol. The van der Waals surface area contributed by atoms with E-state index in [0.29, 0.717) is 0 Å². The molecule has 0 saturated heterocycles. The second-order valence-corrected chi connectivity index (χ2v) is 7.69. The van der Waals surface area contributed by atoms with Crippen molar-refractivity contribution in [2.45, 2.75) is 45.1 Å². The summed E-state index contributed by atoms with van der Waals surface area (Å²) in [6.07, 6.45) is 6.57. The molecule has 136 valence electrons. The van der Waals surface area contributed by atoms with Gasteiger partial charge in [0.05, 0.1) is 11.6 Å². The van der Waals surface area contributed by atoms with Crippen LogP contribution < -0.4 is 5.32 Å². The Balaban J connectivity index is 1.71. The molecule has 2 aromatic carbocycles. The van der Waals surface area contributed by atoms with Gasteiger partial charge in [0.1, 0.15) is 17.5 Å². The fourth-order valence-corrected chi connectivity index (χ4v) is 4.40. The molecule has 1 saturated carbocycles. The predicted molar refractivity (Wildman–Crippen MR) is 102 cm³/mol. The molecule has 0 atom stereocenters. The minimum atomic E-state index is -0.718. The Morgan fingerprint density at radius 2 is 1.81 bits per heavy atom. The minimum absolute atomic E-state index is 0.0511. The zero-order chi connectivity index (χ0) is 18.1. The van der Waals surface area contributed by atoms with E-state index in [9.17, 15) is 8.78 Å². The van der Waals surface area contributed by atoms with Crippen LogP contribution >= 0.6 is 11.6 Å². The molecule has 26 heavy (non-hydrogen) atoms. The molecule has 1 fully saturated rings. The van der Waals surface area contributed by atoms with Gasteiger partial charge >= 0.3 is 0 Å². The molecule has 0 aromatic heterocycles. The third-order valence-electron chi connectivity index (χ3n) is 5.65. The number of para-hydroxylation sites is 1. The number of halogens is 3. The maximum absolute atomic E-state index is 14.2. The smallest absolute Gasteiger partial charge is 0.149 e. The number of benzene rings is 2. The summed E-state index contributed by atoms with van der Waals surface area (Å²) >= 11 is 5.81. The molecule has 1 aliphatic carbocycles. The van der Waals surface area contributed by atoms with Gasteiger partial charge < -0.3 is 5.32 Å². The first kappa shape index (κ1) is 17.5. The van der Waals surface area contributed by atoms with Crippen molar-refractivity contribution in [1.82, 2.24) is 0 Å². The maximum Gasteiger partial charge on any atom is 0.149 e. The van der Waals surface area contributed by atoms with Crippen LogP contribution in [0, 0.1) is 17.0 Å². The van der Waals surface area contributed by atoms with Crippen molar-refractivity contribution >= 4 is 23.1 Å². The highest BCUT2D eigenvalue weighted by atomic mass is 35.5. The molecule has 2 aliphatic rings. The molecule has 5 heteroatoms. The average molecular weight is 375 g/mol. The van der Waals surface area contributed by atoms with Crippen LogP contribution in [0.4, 0.5) is 14.5 Å². The Hall–Kier alpha value is -1.94. The van der Waals surface area contributed by atoms with Crippen LogP contribution in [0.15, 0.2) is 41.4 Å². The zero-order valence-corrected chi connectivity index (χ0v) is 15.3. The van der Waals surface area contributed by atoms with Crippen molar-refractivity contribution in [2.24, 2.45) is 10.4 Å². The van der Waals surface area contributed by atoms with E-state index >= 15 is 0 Å². The van der Waals surface area contributed by atoms with Crippen LogP contribution in [0.25, 0.3) is 0 Å². The molecule has 1 spiro atoms. The molecule has 2 nitrogen and oxygen atoms in total. The first-order chi connectivity index (χ1) is 12.6. The van der Waals surface area contributed by atoms with Gasteiger partial charge in [-0.2, -0.15) is 0 Å². The molecule has 0 amide bonds. The number of nitrogens with one attached hydrogen (secondary N) is 1. The SMILES string of the molecule is Fc1ccc(Cl)c(F)c1CN=C1Nc2ccccc2CC12CCCCC2. The Morgan fingerprint density at radius 3 is 2.62 bits per heavy atom. The third-order valence-corrected chi connectivity index (χ3v) is 5.94. The predicted octanol–water partition coefficient (Wildman–Crippen LogP) is 6.14. The number of nitrogens with zero attached hydrogens (tertiary/aromatic N) is 1. The number of aliphatic imine (C=N–C) groups is 1. The van der Waals surface area contributed by atoms with Crippen molar-refractivity contribution < 1.29 is 8.78 Å². The summed E-state index contributed by atoms with van der Waals surface area (Å²) in [6.45, 7) is -0.0511. The molecule has 4 rings (SSSR count). The Labute approximate surface area is 157 Å². The first-order valence-electron chi connectivity index (χ1n) is 9.11. The summed E-state index contributed by atoms with van der Waals surface area (Å²) in [5, 5.41) is 3.38. The third kappa shape index (κ3) is 3.11. The van der Waals surface area contributed by atoms with Gasteiger partial charge in [-0.3, -0.25) is 4.99 Å². The van der Waals surface area contributed by atoms with Crippen LogP contribution in [0.1, 0.15) is 43.2 Å². The quantitative estimate of drug-likeness (QED) is 0.628. The van der Waals surface area contributed by atoms with E-state index in [1.807, 2.05) is 12.1 Å². The molecular formula is C21H21ClF2N2. The summed E-state index contributed by atoms with van der Waals surface area (Å²) in [7, 11) is 0. The molecule has 0 radical (unpaired) electrons. The standard InChI is InChI=1S/C21H21ClF2N2/c22-16-8-9-17(23)15(19(16)24)13-25-20-21(10-4-1-5-11-21)12-14-6-2-3-7-18(14)26-20/h2-3,6-9H,1,4-5,10-13H2,(H,25,26).